The van der Waals surface area contributed by atoms with Gasteiger partial charge in [-0.25, -0.2) is 0 Å². The van der Waals surface area contributed by atoms with Gasteiger partial charge in [-0.2, -0.15) is 0 Å². The summed E-state index contributed by atoms with van der Waals surface area (Å²) in [6, 6.07) is 16.5. The van der Waals surface area contributed by atoms with Crippen LogP contribution in [0.5, 0.6) is 0 Å². The summed E-state index contributed by atoms with van der Waals surface area (Å²) in [6.45, 7) is 9.72. The first-order valence-corrected chi connectivity index (χ1v) is 13.1. The molecule has 7 heteroatoms. The normalized spacial score (nSPS) is 19.2. The number of amides is 3. The minimum atomic E-state index is -0.908. The molecule has 2 fully saturated rings. The van der Waals surface area contributed by atoms with Crippen molar-refractivity contribution in [2.24, 2.45) is 5.41 Å². The summed E-state index contributed by atoms with van der Waals surface area (Å²) in [5.74, 6) is -0.238. The van der Waals surface area contributed by atoms with Gasteiger partial charge in [0.25, 0.3) is 5.91 Å². The topological polar surface area (TPSA) is 70.2 Å². The van der Waals surface area contributed by atoms with Gasteiger partial charge in [0, 0.05) is 51.5 Å². The molecular formula is C30H39N3O4. The van der Waals surface area contributed by atoms with Crippen molar-refractivity contribution in [2.45, 2.75) is 65.3 Å². The monoisotopic (exact) mass is 505 g/mol. The number of carbonyl (C=O) groups is 3. The third kappa shape index (κ3) is 6.04. The van der Waals surface area contributed by atoms with Crippen molar-refractivity contribution in [3.8, 4) is 0 Å². The van der Waals surface area contributed by atoms with Crippen LogP contribution in [0.4, 0.5) is 0 Å². The fraction of sp³-hybridized carbons (Fsp3) is 0.500. The van der Waals surface area contributed by atoms with Crippen molar-refractivity contribution in [1.82, 2.24) is 14.7 Å². The Labute approximate surface area is 220 Å². The van der Waals surface area contributed by atoms with E-state index in [1.165, 1.54) is 0 Å². The number of nitrogens with zero attached hydrogens (tertiary/aromatic N) is 3. The lowest BCUT2D eigenvalue weighted by molar-refractivity contribution is -0.146. The lowest BCUT2D eigenvalue weighted by atomic mass is 9.90. The van der Waals surface area contributed by atoms with Crippen LogP contribution in [0.3, 0.4) is 0 Å². The molecule has 0 aliphatic carbocycles. The first kappa shape index (κ1) is 26.9. The molecule has 0 radical (unpaired) electrons. The Bertz CT molecular complexity index is 1120. The maximum atomic E-state index is 13.9. The maximum absolute atomic E-state index is 13.9. The lowest BCUT2D eigenvalue weighted by Crippen LogP contribution is -2.60. The van der Waals surface area contributed by atoms with Crippen LogP contribution in [0, 0.1) is 12.3 Å². The minimum absolute atomic E-state index is 0.0929. The third-order valence-corrected chi connectivity index (χ3v) is 7.28. The van der Waals surface area contributed by atoms with Crippen LogP contribution in [0.1, 0.15) is 61.5 Å². The molecule has 2 saturated heterocycles. The molecule has 1 spiro atoms. The van der Waals surface area contributed by atoms with Gasteiger partial charge >= 0.3 is 0 Å². The Balaban J connectivity index is 1.57. The van der Waals surface area contributed by atoms with Crippen molar-refractivity contribution in [3.63, 3.8) is 0 Å². The fourth-order valence-electron chi connectivity index (χ4n) is 5.25. The molecule has 2 aromatic rings. The first-order chi connectivity index (χ1) is 17.5. The number of hydrogen-bond donors (Lipinski definition) is 0. The summed E-state index contributed by atoms with van der Waals surface area (Å²) in [5.41, 5.74) is 1.61. The van der Waals surface area contributed by atoms with Gasteiger partial charge in [0.15, 0.2) is 0 Å². The SMILES string of the molecule is Cc1ccc(C(=O)N2C(C(=O)N(C)Cc3ccccc3)COC23CCN(C(=O)CC(C)(C)C)CC3)cc1. The van der Waals surface area contributed by atoms with E-state index in [1.807, 2.05) is 54.3 Å². The molecule has 0 bridgehead atoms. The van der Waals surface area contributed by atoms with E-state index in [1.54, 1.807) is 29.0 Å². The average Bonchev–Trinajstić information content (AvgIpc) is 3.21. The Morgan fingerprint density at radius 1 is 1.00 bits per heavy atom. The number of benzene rings is 2. The van der Waals surface area contributed by atoms with Gasteiger partial charge in [0.2, 0.25) is 11.8 Å². The predicted molar refractivity (Wildman–Crippen MR) is 143 cm³/mol. The molecule has 2 heterocycles. The summed E-state index contributed by atoms with van der Waals surface area (Å²) in [7, 11) is 1.77. The van der Waals surface area contributed by atoms with E-state index in [4.69, 9.17) is 4.74 Å². The number of aryl methyl sites for hydroxylation is 1. The molecule has 198 valence electrons. The van der Waals surface area contributed by atoms with Crippen LogP contribution < -0.4 is 0 Å². The second-order valence-electron chi connectivity index (χ2n) is 11.6. The zero-order valence-corrected chi connectivity index (χ0v) is 22.7. The summed E-state index contributed by atoms with van der Waals surface area (Å²) < 4.78 is 6.34. The third-order valence-electron chi connectivity index (χ3n) is 7.28. The molecule has 2 aromatic carbocycles. The highest BCUT2D eigenvalue weighted by atomic mass is 16.5. The van der Waals surface area contributed by atoms with E-state index in [2.05, 4.69) is 20.8 Å². The molecular weight excluding hydrogens is 466 g/mol. The number of likely N-dealkylation sites (tertiary alicyclic amines) is 1. The number of rotatable bonds is 5. The highest BCUT2D eigenvalue weighted by Crippen LogP contribution is 2.39. The van der Waals surface area contributed by atoms with Gasteiger partial charge in [-0.15, -0.1) is 0 Å². The van der Waals surface area contributed by atoms with E-state index in [0.29, 0.717) is 44.5 Å². The Hall–Kier alpha value is -3.19. The molecule has 1 unspecified atom stereocenters. The number of carbonyl (C=O) groups excluding carboxylic acids is 3. The molecule has 2 aliphatic heterocycles. The summed E-state index contributed by atoms with van der Waals surface area (Å²) >= 11 is 0. The van der Waals surface area contributed by atoms with Gasteiger partial charge in [0.1, 0.15) is 11.8 Å². The summed E-state index contributed by atoms with van der Waals surface area (Å²) in [6.07, 6.45) is 1.43. The number of hydrogen-bond acceptors (Lipinski definition) is 4. The number of likely N-dealkylation sites (N-methyl/N-ethyl adjacent to an activating group) is 1. The zero-order chi connectivity index (χ0) is 26.8. The molecule has 37 heavy (non-hydrogen) atoms. The standard InChI is InChI=1S/C30H39N3O4/c1-22-11-13-24(14-12-22)27(35)33-25(28(36)31(5)20-23-9-7-6-8-10-23)21-37-30(33)15-17-32(18-16-30)26(34)19-29(2,3)4/h6-14,25H,15-21H2,1-5H3. The van der Waals surface area contributed by atoms with Crippen LogP contribution >= 0.6 is 0 Å². The average molecular weight is 506 g/mol. The molecule has 4 rings (SSSR count). The van der Waals surface area contributed by atoms with Crippen LogP contribution in [-0.2, 0) is 20.9 Å². The number of ether oxygens (including phenoxy) is 1. The van der Waals surface area contributed by atoms with Crippen molar-refractivity contribution >= 4 is 17.7 Å². The van der Waals surface area contributed by atoms with E-state index in [9.17, 15) is 14.4 Å². The molecule has 0 aromatic heterocycles. The van der Waals surface area contributed by atoms with Crippen molar-refractivity contribution < 1.29 is 19.1 Å². The van der Waals surface area contributed by atoms with Gasteiger partial charge < -0.3 is 14.5 Å². The maximum Gasteiger partial charge on any atom is 0.256 e. The first-order valence-electron chi connectivity index (χ1n) is 13.1. The molecule has 1 atom stereocenters. The molecule has 2 aliphatic rings. The lowest BCUT2D eigenvalue weighted by Gasteiger charge is -2.45. The highest BCUT2D eigenvalue weighted by Gasteiger charge is 2.54. The van der Waals surface area contributed by atoms with Crippen LogP contribution in [0.2, 0.25) is 0 Å². The zero-order valence-electron chi connectivity index (χ0n) is 22.7. The van der Waals surface area contributed by atoms with E-state index in [0.717, 1.165) is 11.1 Å². The van der Waals surface area contributed by atoms with Crippen LogP contribution in [0.15, 0.2) is 54.6 Å². The number of piperidine rings is 1. The molecule has 0 N–H and O–H groups in total. The second kappa shape index (κ2) is 10.7. The molecule has 7 nitrogen and oxygen atoms in total. The van der Waals surface area contributed by atoms with Crippen molar-refractivity contribution in [2.75, 3.05) is 26.7 Å². The smallest absolute Gasteiger partial charge is 0.256 e. The van der Waals surface area contributed by atoms with Gasteiger partial charge in [-0.05, 0) is 30.0 Å². The second-order valence-corrected chi connectivity index (χ2v) is 11.6. The van der Waals surface area contributed by atoms with Gasteiger partial charge in [-0.1, -0.05) is 68.8 Å². The van der Waals surface area contributed by atoms with Crippen LogP contribution in [0.25, 0.3) is 0 Å². The summed E-state index contributed by atoms with van der Waals surface area (Å²) in [5, 5.41) is 0. The van der Waals surface area contributed by atoms with Gasteiger partial charge in [0.05, 0.1) is 6.61 Å². The molecule has 3 amide bonds. The Morgan fingerprint density at radius 2 is 1.62 bits per heavy atom. The van der Waals surface area contributed by atoms with Crippen molar-refractivity contribution in [1.29, 1.82) is 0 Å². The van der Waals surface area contributed by atoms with Crippen molar-refractivity contribution in [3.05, 3.63) is 71.3 Å². The summed E-state index contributed by atoms with van der Waals surface area (Å²) in [4.78, 5) is 45.7. The van der Waals surface area contributed by atoms with Gasteiger partial charge in [-0.3, -0.25) is 19.3 Å². The van der Waals surface area contributed by atoms with E-state index >= 15 is 0 Å². The van der Waals surface area contributed by atoms with E-state index in [-0.39, 0.29) is 29.7 Å². The fourth-order valence-corrected chi connectivity index (χ4v) is 5.25. The quantitative estimate of drug-likeness (QED) is 0.609. The molecule has 0 saturated carbocycles. The predicted octanol–water partition coefficient (Wildman–Crippen LogP) is 4.25. The van der Waals surface area contributed by atoms with E-state index < -0.39 is 11.8 Å². The Morgan fingerprint density at radius 3 is 2.22 bits per heavy atom. The van der Waals surface area contributed by atoms with Crippen LogP contribution in [-0.4, -0.2) is 70.9 Å². The minimum Gasteiger partial charge on any atom is -0.353 e. The Kier molecular flexibility index (Phi) is 7.74. The highest BCUT2D eigenvalue weighted by molar-refractivity contribution is 5.98. The largest absolute Gasteiger partial charge is 0.353 e.